The number of nitrogens with one attached hydrogen (secondary N) is 2. The molecule has 0 unspecified atom stereocenters. The Morgan fingerprint density at radius 3 is 3.07 bits per heavy atom. The largest absolute Gasteiger partial charge is 0.508 e. The molecular formula is C12H16N2O. The van der Waals surface area contributed by atoms with Crippen molar-refractivity contribution in [3.05, 3.63) is 30.0 Å². The molecule has 15 heavy (non-hydrogen) atoms. The maximum absolute atomic E-state index is 9.32. The lowest BCUT2D eigenvalue weighted by Crippen LogP contribution is -2.08. The molecule has 0 fully saturated rings. The van der Waals surface area contributed by atoms with Crippen LogP contribution in [0.1, 0.15) is 12.0 Å². The molecule has 80 valence electrons. The number of hydrogen-bond donors (Lipinski definition) is 3. The second-order valence-electron chi connectivity index (χ2n) is 3.75. The minimum absolute atomic E-state index is 0.311. The molecule has 0 saturated heterocycles. The van der Waals surface area contributed by atoms with Crippen LogP contribution in [0.2, 0.25) is 0 Å². The van der Waals surface area contributed by atoms with Crippen LogP contribution in [0.4, 0.5) is 0 Å². The van der Waals surface area contributed by atoms with E-state index in [-0.39, 0.29) is 0 Å². The maximum atomic E-state index is 9.32. The fourth-order valence-corrected chi connectivity index (χ4v) is 1.84. The number of aromatic nitrogens is 1. The summed E-state index contributed by atoms with van der Waals surface area (Å²) < 4.78 is 0. The predicted octanol–water partition coefficient (Wildman–Crippen LogP) is 2.03. The summed E-state index contributed by atoms with van der Waals surface area (Å²) in [7, 11) is 1.97. The molecule has 0 saturated carbocycles. The van der Waals surface area contributed by atoms with Gasteiger partial charge in [0, 0.05) is 23.2 Å². The number of phenolic OH excluding ortho intramolecular Hbond substituents is 1. The summed E-state index contributed by atoms with van der Waals surface area (Å²) in [6.07, 6.45) is 4.22. The Balaban J connectivity index is 2.21. The molecule has 1 heterocycles. The van der Waals surface area contributed by atoms with Crippen LogP contribution in [0.15, 0.2) is 24.4 Å². The standard InChI is InChI=1S/C12H16N2O/c1-13-6-2-3-9-8-14-12-7-10(15)4-5-11(9)12/h4-5,7-8,13-15H,2-3,6H2,1H3. The number of aryl methyl sites for hydroxylation is 1. The van der Waals surface area contributed by atoms with E-state index < -0.39 is 0 Å². The lowest BCUT2D eigenvalue weighted by molar-refractivity contribution is 0.476. The van der Waals surface area contributed by atoms with E-state index in [9.17, 15) is 5.11 Å². The first-order valence-corrected chi connectivity index (χ1v) is 5.25. The average Bonchev–Trinajstić information content (AvgIpc) is 2.61. The third-order valence-corrected chi connectivity index (χ3v) is 2.62. The fourth-order valence-electron chi connectivity index (χ4n) is 1.84. The van der Waals surface area contributed by atoms with Gasteiger partial charge in [-0.2, -0.15) is 0 Å². The second kappa shape index (κ2) is 4.36. The minimum Gasteiger partial charge on any atom is -0.508 e. The van der Waals surface area contributed by atoms with Crippen LogP contribution >= 0.6 is 0 Å². The van der Waals surface area contributed by atoms with Crippen LogP contribution in [0.3, 0.4) is 0 Å². The highest BCUT2D eigenvalue weighted by atomic mass is 16.3. The highest BCUT2D eigenvalue weighted by Crippen LogP contribution is 2.23. The molecule has 3 heteroatoms. The third-order valence-electron chi connectivity index (χ3n) is 2.62. The number of fused-ring (bicyclic) bond motifs is 1. The van der Waals surface area contributed by atoms with Gasteiger partial charge in [0.25, 0.3) is 0 Å². The molecule has 0 aliphatic heterocycles. The van der Waals surface area contributed by atoms with Crippen LogP contribution in [0.5, 0.6) is 5.75 Å². The van der Waals surface area contributed by atoms with Gasteiger partial charge in [0.15, 0.2) is 0 Å². The summed E-state index contributed by atoms with van der Waals surface area (Å²) in [5, 5.41) is 13.7. The predicted molar refractivity (Wildman–Crippen MR) is 62.2 cm³/mol. The summed E-state index contributed by atoms with van der Waals surface area (Å²) >= 11 is 0. The van der Waals surface area contributed by atoms with Crippen molar-refractivity contribution in [2.45, 2.75) is 12.8 Å². The zero-order valence-electron chi connectivity index (χ0n) is 8.88. The first kappa shape index (κ1) is 10.1. The van der Waals surface area contributed by atoms with Crippen molar-refractivity contribution < 1.29 is 5.11 Å². The fraction of sp³-hybridized carbons (Fsp3) is 0.333. The zero-order chi connectivity index (χ0) is 10.7. The number of phenols is 1. The summed E-state index contributed by atoms with van der Waals surface area (Å²) in [5.74, 6) is 0.311. The number of aromatic amines is 1. The first-order valence-electron chi connectivity index (χ1n) is 5.25. The van der Waals surface area contributed by atoms with Gasteiger partial charge in [0.2, 0.25) is 0 Å². The van der Waals surface area contributed by atoms with Gasteiger partial charge in [-0.25, -0.2) is 0 Å². The van der Waals surface area contributed by atoms with Crippen molar-refractivity contribution in [3.63, 3.8) is 0 Å². The molecule has 0 atom stereocenters. The minimum atomic E-state index is 0.311. The van der Waals surface area contributed by atoms with E-state index >= 15 is 0 Å². The van der Waals surface area contributed by atoms with Crippen LogP contribution < -0.4 is 5.32 Å². The third kappa shape index (κ3) is 2.13. The Kier molecular flexibility index (Phi) is 2.92. The Morgan fingerprint density at radius 2 is 2.27 bits per heavy atom. The molecule has 0 bridgehead atoms. The van der Waals surface area contributed by atoms with E-state index in [4.69, 9.17) is 0 Å². The van der Waals surface area contributed by atoms with Gasteiger partial charge in [-0.05, 0) is 44.1 Å². The molecule has 0 spiro atoms. The van der Waals surface area contributed by atoms with Crippen LogP contribution in [-0.2, 0) is 6.42 Å². The molecule has 3 nitrogen and oxygen atoms in total. The van der Waals surface area contributed by atoms with E-state index in [1.165, 1.54) is 10.9 Å². The van der Waals surface area contributed by atoms with E-state index in [0.717, 1.165) is 24.9 Å². The zero-order valence-corrected chi connectivity index (χ0v) is 8.88. The van der Waals surface area contributed by atoms with Gasteiger partial charge in [0.05, 0.1) is 0 Å². The van der Waals surface area contributed by atoms with E-state index in [1.54, 1.807) is 12.1 Å². The van der Waals surface area contributed by atoms with Gasteiger partial charge in [-0.3, -0.25) is 0 Å². The summed E-state index contributed by atoms with van der Waals surface area (Å²) in [6, 6.07) is 5.46. The van der Waals surface area contributed by atoms with Gasteiger partial charge in [-0.15, -0.1) is 0 Å². The molecule has 0 aliphatic carbocycles. The summed E-state index contributed by atoms with van der Waals surface area (Å²) in [6.45, 7) is 1.03. The van der Waals surface area contributed by atoms with Crippen molar-refractivity contribution in [1.29, 1.82) is 0 Å². The summed E-state index contributed by atoms with van der Waals surface area (Å²) in [5.41, 5.74) is 2.33. The van der Waals surface area contributed by atoms with Gasteiger partial charge in [0.1, 0.15) is 5.75 Å². The normalized spacial score (nSPS) is 11.0. The number of aromatic hydroxyl groups is 1. The SMILES string of the molecule is CNCCCc1c[nH]c2cc(O)ccc12. The lowest BCUT2D eigenvalue weighted by Gasteiger charge is -1.99. The van der Waals surface area contributed by atoms with Gasteiger partial charge in [-0.1, -0.05) is 0 Å². The van der Waals surface area contributed by atoms with Crippen LogP contribution in [-0.4, -0.2) is 23.7 Å². The average molecular weight is 204 g/mol. The molecular weight excluding hydrogens is 188 g/mol. The van der Waals surface area contributed by atoms with Crippen molar-refractivity contribution in [1.82, 2.24) is 10.3 Å². The first-order chi connectivity index (χ1) is 7.31. The van der Waals surface area contributed by atoms with E-state index in [1.807, 2.05) is 19.3 Å². The Hall–Kier alpha value is -1.48. The van der Waals surface area contributed by atoms with Crippen molar-refractivity contribution in [3.8, 4) is 5.75 Å². The topological polar surface area (TPSA) is 48.0 Å². The van der Waals surface area contributed by atoms with Crippen molar-refractivity contribution >= 4 is 10.9 Å². The molecule has 1 aromatic heterocycles. The molecule has 3 N–H and O–H groups in total. The quantitative estimate of drug-likeness (QED) is 0.667. The maximum Gasteiger partial charge on any atom is 0.117 e. The Labute approximate surface area is 89.1 Å². The molecule has 1 aromatic carbocycles. The van der Waals surface area contributed by atoms with Crippen LogP contribution in [0, 0.1) is 0 Å². The Bertz CT molecular complexity index is 448. The van der Waals surface area contributed by atoms with Gasteiger partial charge >= 0.3 is 0 Å². The number of H-pyrrole nitrogens is 1. The molecule has 0 radical (unpaired) electrons. The second-order valence-corrected chi connectivity index (χ2v) is 3.75. The Morgan fingerprint density at radius 1 is 1.40 bits per heavy atom. The highest BCUT2D eigenvalue weighted by molar-refractivity contribution is 5.84. The molecule has 2 aromatic rings. The van der Waals surface area contributed by atoms with Gasteiger partial charge < -0.3 is 15.4 Å². The molecule has 2 rings (SSSR count). The number of rotatable bonds is 4. The number of hydrogen-bond acceptors (Lipinski definition) is 2. The van der Waals surface area contributed by atoms with Crippen LogP contribution in [0.25, 0.3) is 10.9 Å². The van der Waals surface area contributed by atoms with E-state index in [0.29, 0.717) is 5.75 Å². The number of benzene rings is 1. The van der Waals surface area contributed by atoms with E-state index in [2.05, 4.69) is 10.3 Å². The highest BCUT2D eigenvalue weighted by Gasteiger charge is 2.03. The van der Waals surface area contributed by atoms with Crippen molar-refractivity contribution in [2.75, 3.05) is 13.6 Å². The van der Waals surface area contributed by atoms with Crippen molar-refractivity contribution in [2.24, 2.45) is 0 Å². The lowest BCUT2D eigenvalue weighted by atomic mass is 10.1. The molecule has 0 amide bonds. The smallest absolute Gasteiger partial charge is 0.117 e. The summed E-state index contributed by atoms with van der Waals surface area (Å²) in [4.78, 5) is 3.18. The monoisotopic (exact) mass is 204 g/mol. The molecule has 0 aliphatic rings.